The van der Waals surface area contributed by atoms with Crippen molar-refractivity contribution < 1.29 is 32.9 Å². The highest BCUT2D eigenvalue weighted by atomic mass is 19.3. The van der Waals surface area contributed by atoms with E-state index in [1.165, 1.54) is 12.1 Å². The van der Waals surface area contributed by atoms with Gasteiger partial charge in [0.25, 0.3) is 0 Å². The molecule has 2 aliphatic rings. The molecule has 0 spiro atoms. The number of carbonyl (C=O) groups is 1. The van der Waals surface area contributed by atoms with E-state index in [1.807, 2.05) is 39.0 Å². The lowest BCUT2D eigenvalue weighted by molar-refractivity contribution is -0.286. The van der Waals surface area contributed by atoms with Gasteiger partial charge in [0.05, 0.1) is 30.0 Å². The van der Waals surface area contributed by atoms with Crippen molar-refractivity contribution in [2.24, 2.45) is 0 Å². The van der Waals surface area contributed by atoms with Crippen molar-refractivity contribution in [3.63, 3.8) is 0 Å². The third kappa shape index (κ3) is 5.30. The van der Waals surface area contributed by atoms with Crippen LogP contribution in [0.1, 0.15) is 45.1 Å². The molecular formula is C24H28F2N2O5. The van der Waals surface area contributed by atoms with Gasteiger partial charge >= 0.3 is 12.3 Å². The van der Waals surface area contributed by atoms with Crippen LogP contribution in [0.5, 0.6) is 11.5 Å². The number of hydrogen-bond donors (Lipinski definition) is 2. The van der Waals surface area contributed by atoms with E-state index in [1.54, 1.807) is 6.07 Å². The van der Waals surface area contributed by atoms with E-state index in [-0.39, 0.29) is 36.0 Å². The molecule has 1 fully saturated rings. The molecule has 178 valence electrons. The van der Waals surface area contributed by atoms with E-state index in [0.717, 1.165) is 16.9 Å². The number of hydrogen-bond acceptors (Lipinski definition) is 6. The van der Waals surface area contributed by atoms with Crippen molar-refractivity contribution in [1.29, 1.82) is 0 Å². The van der Waals surface area contributed by atoms with Gasteiger partial charge in [-0.05, 0) is 56.0 Å². The van der Waals surface area contributed by atoms with Gasteiger partial charge in [-0.25, -0.2) is 0 Å². The number of anilines is 3. The van der Waals surface area contributed by atoms with Crippen molar-refractivity contribution in [1.82, 2.24) is 0 Å². The Bertz CT molecular complexity index is 1020. The number of nitrogens with one attached hydrogen (secondary N) is 1. The highest BCUT2D eigenvalue weighted by Gasteiger charge is 2.43. The Kier molecular flexibility index (Phi) is 6.34. The zero-order valence-electron chi connectivity index (χ0n) is 18.8. The van der Waals surface area contributed by atoms with Crippen LogP contribution in [0.25, 0.3) is 0 Å². The van der Waals surface area contributed by atoms with E-state index >= 15 is 0 Å². The largest absolute Gasteiger partial charge is 0.586 e. The lowest BCUT2D eigenvalue weighted by atomic mass is 9.92. The molecule has 0 aliphatic carbocycles. The number of benzene rings is 2. The third-order valence-electron chi connectivity index (χ3n) is 5.85. The van der Waals surface area contributed by atoms with Crippen LogP contribution in [0.15, 0.2) is 36.4 Å². The number of carboxylic acid groups (broad SMARTS) is 1. The summed E-state index contributed by atoms with van der Waals surface area (Å²) in [5, 5.41) is 12.6. The molecule has 2 aliphatic heterocycles. The van der Waals surface area contributed by atoms with Crippen LogP contribution in [0.2, 0.25) is 0 Å². The minimum atomic E-state index is -3.68. The average molecular weight is 462 g/mol. The molecule has 0 bridgehead atoms. The van der Waals surface area contributed by atoms with E-state index in [4.69, 9.17) is 4.74 Å². The van der Waals surface area contributed by atoms with Crippen LogP contribution in [-0.2, 0) is 9.53 Å². The number of morpholine rings is 1. The van der Waals surface area contributed by atoms with Crippen molar-refractivity contribution in [3.05, 3.63) is 42.0 Å². The van der Waals surface area contributed by atoms with Crippen LogP contribution in [0.4, 0.5) is 25.8 Å². The number of halogens is 2. The van der Waals surface area contributed by atoms with Crippen molar-refractivity contribution in [2.45, 2.75) is 58.0 Å². The Morgan fingerprint density at radius 2 is 1.85 bits per heavy atom. The predicted octanol–water partition coefficient (Wildman–Crippen LogP) is 5.33. The number of alkyl halides is 2. The summed E-state index contributed by atoms with van der Waals surface area (Å²) < 4.78 is 41.8. The van der Waals surface area contributed by atoms with Crippen LogP contribution < -0.4 is 19.7 Å². The lowest BCUT2D eigenvalue weighted by Crippen LogP contribution is -2.45. The molecule has 2 N–H and O–H groups in total. The second-order valence-electron chi connectivity index (χ2n) is 8.60. The summed E-state index contributed by atoms with van der Waals surface area (Å²) in [7, 11) is 0. The predicted molar refractivity (Wildman–Crippen MR) is 120 cm³/mol. The van der Waals surface area contributed by atoms with Gasteiger partial charge in [0.1, 0.15) is 0 Å². The maximum absolute atomic E-state index is 13.4. The molecule has 2 aromatic rings. The molecule has 0 radical (unpaired) electrons. The quantitative estimate of drug-likeness (QED) is 0.575. The van der Waals surface area contributed by atoms with Gasteiger partial charge in [0.15, 0.2) is 11.5 Å². The van der Waals surface area contributed by atoms with Crippen molar-refractivity contribution in [3.8, 4) is 11.5 Å². The summed E-state index contributed by atoms with van der Waals surface area (Å²) in [6.07, 6.45) is -2.89. The van der Waals surface area contributed by atoms with Crippen LogP contribution in [0.3, 0.4) is 0 Å². The normalized spacial score (nSPS) is 22.2. The fourth-order valence-corrected chi connectivity index (χ4v) is 4.45. The molecule has 0 aromatic heterocycles. The summed E-state index contributed by atoms with van der Waals surface area (Å²) in [6.45, 7) is 7.37. The van der Waals surface area contributed by atoms with Crippen molar-refractivity contribution >= 4 is 23.0 Å². The monoisotopic (exact) mass is 462 g/mol. The number of aliphatic carboxylic acids is 1. The average Bonchev–Trinajstić information content (AvgIpc) is 3.04. The molecule has 3 atom stereocenters. The maximum Gasteiger partial charge on any atom is 0.586 e. The fourth-order valence-electron chi connectivity index (χ4n) is 4.45. The first kappa shape index (κ1) is 23.1. The molecule has 0 amide bonds. The fraction of sp³-hybridized carbons (Fsp3) is 0.458. The molecule has 7 nitrogen and oxygen atoms in total. The number of ether oxygens (including phenoxy) is 3. The topological polar surface area (TPSA) is 80.3 Å². The number of fused-ring (bicyclic) bond motifs is 1. The zero-order valence-corrected chi connectivity index (χ0v) is 18.8. The highest BCUT2D eigenvalue weighted by molar-refractivity contribution is 5.78. The van der Waals surface area contributed by atoms with Crippen LogP contribution in [0, 0.1) is 0 Å². The third-order valence-corrected chi connectivity index (χ3v) is 5.85. The van der Waals surface area contributed by atoms with E-state index in [0.29, 0.717) is 25.2 Å². The Morgan fingerprint density at radius 3 is 2.52 bits per heavy atom. The Balaban J connectivity index is 1.69. The zero-order chi connectivity index (χ0) is 23.8. The van der Waals surface area contributed by atoms with Gasteiger partial charge in [-0.15, -0.1) is 8.78 Å². The van der Waals surface area contributed by atoms with E-state index in [9.17, 15) is 18.7 Å². The first-order valence-corrected chi connectivity index (χ1v) is 11.1. The molecule has 33 heavy (non-hydrogen) atoms. The standard InChI is InChI=1S/C24H28F2N2O5/c1-4-16(10-23(29)30)17-5-7-20(28-12-14(2)31-15(3)13-28)19(9-17)27-18-6-8-21-22(11-18)33-24(25,26)32-21/h5-9,11,14-16,27H,4,10,12-13H2,1-3H3,(H,29,30)/t14-,15+,16?. The summed E-state index contributed by atoms with van der Waals surface area (Å²) in [5.74, 6) is -1.07. The Labute approximate surface area is 191 Å². The molecule has 1 saturated heterocycles. The van der Waals surface area contributed by atoms with Gasteiger partial charge in [-0.3, -0.25) is 4.79 Å². The minimum absolute atomic E-state index is 0.0251. The molecule has 2 aromatic carbocycles. The van der Waals surface area contributed by atoms with Crippen LogP contribution >= 0.6 is 0 Å². The first-order valence-electron chi connectivity index (χ1n) is 11.1. The molecule has 1 unspecified atom stereocenters. The minimum Gasteiger partial charge on any atom is -0.481 e. The Morgan fingerprint density at radius 1 is 1.15 bits per heavy atom. The molecule has 0 saturated carbocycles. The molecule has 2 heterocycles. The molecule has 9 heteroatoms. The highest BCUT2D eigenvalue weighted by Crippen LogP contribution is 2.43. The molecular weight excluding hydrogens is 434 g/mol. The SMILES string of the molecule is CCC(CC(=O)O)c1ccc(N2C[C@@H](C)O[C@@H](C)C2)c(Nc2ccc3c(c2)OC(F)(F)O3)c1. The second-order valence-corrected chi connectivity index (χ2v) is 8.60. The number of nitrogens with zero attached hydrogens (tertiary/aromatic N) is 1. The van der Waals surface area contributed by atoms with E-state index in [2.05, 4.69) is 19.7 Å². The van der Waals surface area contributed by atoms with Gasteiger partial charge in [-0.1, -0.05) is 13.0 Å². The summed E-state index contributed by atoms with van der Waals surface area (Å²) in [5.41, 5.74) is 3.12. The summed E-state index contributed by atoms with van der Waals surface area (Å²) in [6, 6.07) is 10.4. The van der Waals surface area contributed by atoms with Gasteiger partial charge < -0.3 is 29.5 Å². The number of carboxylic acids is 1. The number of rotatable bonds is 7. The van der Waals surface area contributed by atoms with Gasteiger partial charge in [0.2, 0.25) is 0 Å². The van der Waals surface area contributed by atoms with Crippen LogP contribution in [-0.4, -0.2) is 42.7 Å². The van der Waals surface area contributed by atoms with Crippen molar-refractivity contribution in [2.75, 3.05) is 23.3 Å². The summed E-state index contributed by atoms with van der Waals surface area (Å²) >= 11 is 0. The molecule has 4 rings (SSSR count). The smallest absolute Gasteiger partial charge is 0.481 e. The second kappa shape index (κ2) is 9.05. The maximum atomic E-state index is 13.4. The summed E-state index contributed by atoms with van der Waals surface area (Å²) in [4.78, 5) is 13.6. The lowest BCUT2D eigenvalue weighted by Gasteiger charge is -2.38. The van der Waals surface area contributed by atoms with Gasteiger partial charge in [0, 0.05) is 24.8 Å². The van der Waals surface area contributed by atoms with Gasteiger partial charge in [-0.2, -0.15) is 0 Å². The van der Waals surface area contributed by atoms with E-state index < -0.39 is 12.3 Å². The Hall–Kier alpha value is -3.07. The first-order chi connectivity index (χ1) is 15.6.